The van der Waals surface area contributed by atoms with Crippen molar-refractivity contribution in [3.63, 3.8) is 0 Å². The zero-order chi connectivity index (χ0) is 8.53. The van der Waals surface area contributed by atoms with Crippen molar-refractivity contribution in [1.82, 2.24) is 0 Å². The van der Waals surface area contributed by atoms with Crippen LogP contribution in [0.3, 0.4) is 0 Å². The minimum atomic E-state index is 0.672. The summed E-state index contributed by atoms with van der Waals surface area (Å²) in [4.78, 5) is 0. The van der Waals surface area contributed by atoms with Crippen molar-refractivity contribution in [2.75, 3.05) is 6.61 Å². The lowest BCUT2D eigenvalue weighted by Gasteiger charge is -2.11. The van der Waals surface area contributed by atoms with E-state index in [-0.39, 0.29) is 0 Å². The van der Waals surface area contributed by atoms with Crippen LogP contribution in [0.2, 0.25) is 0 Å². The zero-order valence-electron chi connectivity index (χ0n) is 7.43. The molecule has 0 heterocycles. The number of ether oxygens (including phenoxy) is 1. The predicted octanol–water partition coefficient (Wildman–Crippen LogP) is 3.05. The van der Waals surface area contributed by atoms with Gasteiger partial charge in [0.15, 0.2) is 0 Å². The maximum atomic E-state index is 4.95. The molecule has 0 spiro atoms. The maximum Gasteiger partial charge on any atom is 0.239 e. The standard InChI is InChI=1S/C9H17OS/c1-3-5-6-9(4-2)7-10-8-11/h9H,3-7H2,1-2H3. The van der Waals surface area contributed by atoms with Crippen LogP contribution in [0, 0.1) is 5.92 Å². The number of thiocarbonyl (C=S) groups is 1. The summed E-state index contributed by atoms with van der Waals surface area (Å²) in [6.07, 6.45) is 4.98. The molecule has 0 N–H and O–H groups in total. The van der Waals surface area contributed by atoms with Gasteiger partial charge in [-0.2, -0.15) is 0 Å². The minimum absolute atomic E-state index is 0.672. The molecule has 0 aliphatic carbocycles. The average Bonchev–Trinajstić information content (AvgIpc) is 2.05. The van der Waals surface area contributed by atoms with Crippen LogP contribution in [0.4, 0.5) is 0 Å². The van der Waals surface area contributed by atoms with Crippen molar-refractivity contribution in [2.45, 2.75) is 39.5 Å². The van der Waals surface area contributed by atoms with Crippen LogP contribution in [-0.2, 0) is 4.74 Å². The molecule has 1 atom stereocenters. The molecule has 0 rings (SSSR count). The molecule has 0 aromatic heterocycles. The summed E-state index contributed by atoms with van der Waals surface area (Å²) in [6, 6.07) is 0. The summed E-state index contributed by atoms with van der Waals surface area (Å²) >= 11 is 4.46. The molecule has 0 saturated carbocycles. The van der Waals surface area contributed by atoms with E-state index in [4.69, 9.17) is 4.74 Å². The summed E-state index contributed by atoms with van der Waals surface area (Å²) in [6.45, 7) is 5.14. The Balaban J connectivity index is 3.32. The van der Waals surface area contributed by atoms with Crippen LogP contribution in [-0.4, -0.2) is 12.2 Å². The van der Waals surface area contributed by atoms with Crippen molar-refractivity contribution < 1.29 is 4.74 Å². The molecule has 11 heavy (non-hydrogen) atoms. The second kappa shape index (κ2) is 7.99. The van der Waals surface area contributed by atoms with Gasteiger partial charge in [0, 0.05) is 0 Å². The Hall–Kier alpha value is -0.110. The van der Waals surface area contributed by atoms with Crippen molar-refractivity contribution in [1.29, 1.82) is 0 Å². The molecule has 0 aliphatic rings. The molecule has 65 valence electrons. The summed E-state index contributed by atoms with van der Waals surface area (Å²) in [5.41, 5.74) is 2.29. The van der Waals surface area contributed by atoms with Gasteiger partial charge in [0.25, 0.3) is 0 Å². The van der Waals surface area contributed by atoms with Crippen LogP contribution in [0.15, 0.2) is 0 Å². The van der Waals surface area contributed by atoms with E-state index in [0.717, 1.165) is 6.61 Å². The molecule has 1 radical (unpaired) electrons. The van der Waals surface area contributed by atoms with Gasteiger partial charge in [-0.3, -0.25) is 0 Å². The molecule has 1 nitrogen and oxygen atoms in total. The Bertz CT molecular complexity index is 93.6. The van der Waals surface area contributed by atoms with E-state index >= 15 is 0 Å². The summed E-state index contributed by atoms with van der Waals surface area (Å²) in [7, 11) is 0. The van der Waals surface area contributed by atoms with E-state index in [1.165, 1.54) is 25.7 Å². The lowest BCUT2D eigenvalue weighted by molar-refractivity contribution is 0.236. The molecule has 0 saturated heterocycles. The average molecular weight is 173 g/mol. The van der Waals surface area contributed by atoms with Crippen LogP contribution in [0.25, 0.3) is 0 Å². The summed E-state index contributed by atoms with van der Waals surface area (Å²) < 4.78 is 4.95. The zero-order valence-corrected chi connectivity index (χ0v) is 8.25. The largest absolute Gasteiger partial charge is 0.480 e. The van der Waals surface area contributed by atoms with Gasteiger partial charge >= 0.3 is 0 Å². The van der Waals surface area contributed by atoms with Gasteiger partial charge in [-0.15, -0.1) is 0 Å². The van der Waals surface area contributed by atoms with Gasteiger partial charge in [0.1, 0.15) is 0 Å². The third kappa shape index (κ3) is 6.29. The Kier molecular flexibility index (Phi) is 7.91. The van der Waals surface area contributed by atoms with Crippen molar-refractivity contribution in [3.8, 4) is 0 Å². The number of rotatable bonds is 7. The second-order valence-corrected chi connectivity index (χ2v) is 2.98. The molecule has 0 aliphatic heterocycles. The van der Waals surface area contributed by atoms with Crippen LogP contribution >= 0.6 is 12.2 Å². The molecule has 0 fully saturated rings. The van der Waals surface area contributed by atoms with Gasteiger partial charge in [-0.05, 0) is 24.6 Å². The van der Waals surface area contributed by atoms with Gasteiger partial charge in [-0.25, -0.2) is 0 Å². The molecule has 0 aromatic carbocycles. The highest BCUT2D eigenvalue weighted by molar-refractivity contribution is 7.78. The van der Waals surface area contributed by atoms with Crippen molar-refractivity contribution in [2.24, 2.45) is 5.92 Å². The van der Waals surface area contributed by atoms with E-state index in [0.29, 0.717) is 5.92 Å². The number of hydrogen-bond acceptors (Lipinski definition) is 2. The first-order chi connectivity index (χ1) is 5.35. The summed E-state index contributed by atoms with van der Waals surface area (Å²) in [5, 5.41) is 0. The molecular weight excluding hydrogens is 156 g/mol. The third-order valence-corrected chi connectivity index (χ3v) is 2.04. The molecule has 1 unspecified atom stereocenters. The lowest BCUT2D eigenvalue weighted by Crippen LogP contribution is -2.07. The normalized spacial score (nSPS) is 12.5. The van der Waals surface area contributed by atoms with Crippen LogP contribution in [0.1, 0.15) is 39.5 Å². The van der Waals surface area contributed by atoms with E-state index < -0.39 is 0 Å². The highest BCUT2D eigenvalue weighted by Gasteiger charge is 2.04. The highest BCUT2D eigenvalue weighted by atomic mass is 32.1. The fourth-order valence-electron chi connectivity index (χ4n) is 1.05. The van der Waals surface area contributed by atoms with E-state index in [1.807, 2.05) is 0 Å². The molecule has 0 bridgehead atoms. The smallest absolute Gasteiger partial charge is 0.239 e. The van der Waals surface area contributed by atoms with Crippen LogP contribution in [0.5, 0.6) is 0 Å². The minimum Gasteiger partial charge on any atom is -0.480 e. The fourth-order valence-corrected chi connectivity index (χ4v) is 1.12. The van der Waals surface area contributed by atoms with Crippen molar-refractivity contribution >= 4 is 17.8 Å². The van der Waals surface area contributed by atoms with E-state index in [9.17, 15) is 0 Å². The Labute approximate surface area is 75.1 Å². The van der Waals surface area contributed by atoms with Gasteiger partial charge < -0.3 is 4.74 Å². The molecular formula is C9H17OS. The first-order valence-electron chi connectivity index (χ1n) is 4.34. The fraction of sp³-hybridized carbons (Fsp3) is 0.889. The van der Waals surface area contributed by atoms with Crippen molar-refractivity contribution in [3.05, 3.63) is 0 Å². The first-order valence-corrected chi connectivity index (χ1v) is 4.74. The second-order valence-electron chi connectivity index (χ2n) is 2.81. The first kappa shape index (κ1) is 10.9. The molecule has 2 heteroatoms. The summed E-state index contributed by atoms with van der Waals surface area (Å²) in [5.74, 6) is 0.672. The van der Waals surface area contributed by atoms with Gasteiger partial charge in [0.2, 0.25) is 5.55 Å². The highest BCUT2D eigenvalue weighted by Crippen LogP contribution is 2.12. The number of unbranched alkanes of at least 4 members (excludes halogenated alkanes) is 1. The lowest BCUT2D eigenvalue weighted by atomic mass is 10.0. The predicted molar refractivity (Wildman–Crippen MR) is 51.9 cm³/mol. The van der Waals surface area contributed by atoms with Crippen LogP contribution < -0.4 is 0 Å². The topological polar surface area (TPSA) is 9.23 Å². The quantitative estimate of drug-likeness (QED) is 0.547. The SMILES string of the molecule is CCCCC(CC)CO[C]=S. The Morgan fingerprint density at radius 3 is 2.64 bits per heavy atom. The maximum absolute atomic E-state index is 4.95. The Morgan fingerprint density at radius 2 is 2.18 bits per heavy atom. The number of hydrogen-bond donors (Lipinski definition) is 0. The van der Waals surface area contributed by atoms with Gasteiger partial charge in [-0.1, -0.05) is 33.1 Å². The molecule has 0 aromatic rings. The Morgan fingerprint density at radius 1 is 1.45 bits per heavy atom. The molecule has 0 amide bonds. The third-order valence-electron chi connectivity index (χ3n) is 1.92. The monoisotopic (exact) mass is 173 g/mol. The van der Waals surface area contributed by atoms with E-state index in [1.54, 1.807) is 0 Å². The van der Waals surface area contributed by atoms with Gasteiger partial charge in [0.05, 0.1) is 6.61 Å². The van der Waals surface area contributed by atoms with E-state index in [2.05, 4.69) is 31.6 Å².